The van der Waals surface area contributed by atoms with Crippen LogP contribution in [0.15, 0.2) is 24.3 Å². The smallest absolute Gasteiger partial charge is 0.324 e. The summed E-state index contributed by atoms with van der Waals surface area (Å²) in [5.41, 5.74) is 0.596. The molecule has 0 bridgehead atoms. The van der Waals surface area contributed by atoms with Crippen molar-refractivity contribution in [2.24, 2.45) is 0 Å². The molecule has 0 fully saturated rings. The second-order valence-electron chi connectivity index (χ2n) is 5.00. The van der Waals surface area contributed by atoms with Crippen molar-refractivity contribution in [3.05, 3.63) is 46.2 Å². The summed E-state index contributed by atoms with van der Waals surface area (Å²) >= 11 is 5.64. The Balaban J connectivity index is 2.11. The molecule has 1 aromatic heterocycles. The van der Waals surface area contributed by atoms with Crippen LogP contribution < -0.4 is 5.32 Å². The number of halogens is 4. The summed E-state index contributed by atoms with van der Waals surface area (Å²) in [6.07, 6.45) is -3.78. The molecule has 1 amide bonds. The minimum absolute atomic E-state index is 0.0930. The second-order valence-corrected chi connectivity index (χ2v) is 5.38. The van der Waals surface area contributed by atoms with Crippen LogP contribution in [0.1, 0.15) is 23.9 Å². The fourth-order valence-electron chi connectivity index (χ4n) is 2.02. The minimum atomic E-state index is -4.65. The highest BCUT2D eigenvalue weighted by Gasteiger charge is 2.38. The minimum Gasteiger partial charge on any atom is -0.324 e. The average Bonchev–Trinajstić information content (AvgIpc) is 2.76. The molecule has 1 heterocycles. The van der Waals surface area contributed by atoms with Gasteiger partial charge in [-0.1, -0.05) is 30.7 Å². The van der Waals surface area contributed by atoms with E-state index in [1.54, 1.807) is 12.1 Å². The van der Waals surface area contributed by atoms with Gasteiger partial charge in [-0.05, 0) is 31.0 Å². The van der Waals surface area contributed by atoms with Crippen LogP contribution in [0.25, 0.3) is 0 Å². The Morgan fingerprint density at radius 2 is 1.91 bits per heavy atom. The molecule has 1 N–H and O–H groups in total. The fourth-order valence-corrected chi connectivity index (χ4v) is 2.26. The number of benzene rings is 1. The maximum atomic E-state index is 12.7. The first-order valence-corrected chi connectivity index (χ1v) is 7.29. The SMILES string of the molecule is CCc1ccc(NC(=O)Cn2nc(C(F)(F)F)c(Cl)c2C)cc1. The number of anilines is 1. The Hall–Kier alpha value is -2.02. The Morgan fingerprint density at radius 3 is 2.39 bits per heavy atom. The van der Waals surface area contributed by atoms with E-state index in [1.807, 2.05) is 19.1 Å². The normalized spacial score (nSPS) is 11.6. The summed E-state index contributed by atoms with van der Waals surface area (Å²) in [6, 6.07) is 7.21. The molecule has 124 valence electrons. The third-order valence-corrected chi connectivity index (χ3v) is 3.79. The van der Waals surface area contributed by atoms with Crippen molar-refractivity contribution in [1.29, 1.82) is 0 Å². The molecule has 2 aromatic rings. The summed E-state index contributed by atoms with van der Waals surface area (Å²) in [7, 11) is 0. The third-order valence-electron chi connectivity index (χ3n) is 3.34. The Labute approximate surface area is 136 Å². The predicted octanol–water partition coefficient (Wildman–Crippen LogP) is 4.06. The van der Waals surface area contributed by atoms with Gasteiger partial charge >= 0.3 is 6.18 Å². The number of aromatic nitrogens is 2. The van der Waals surface area contributed by atoms with E-state index in [0.717, 1.165) is 16.7 Å². The molecule has 0 saturated heterocycles. The Morgan fingerprint density at radius 1 is 1.30 bits per heavy atom. The van der Waals surface area contributed by atoms with Crippen LogP contribution in [0.3, 0.4) is 0 Å². The van der Waals surface area contributed by atoms with E-state index in [1.165, 1.54) is 6.92 Å². The van der Waals surface area contributed by atoms with Gasteiger partial charge in [0, 0.05) is 5.69 Å². The van der Waals surface area contributed by atoms with Crippen LogP contribution in [0.2, 0.25) is 5.02 Å². The molecular formula is C15H15ClF3N3O. The predicted molar refractivity (Wildman–Crippen MR) is 81.4 cm³/mol. The number of nitrogens with zero attached hydrogens (tertiary/aromatic N) is 2. The number of hydrogen-bond acceptors (Lipinski definition) is 2. The average molecular weight is 346 g/mol. The summed E-state index contributed by atoms with van der Waals surface area (Å²) in [5.74, 6) is -0.481. The van der Waals surface area contributed by atoms with E-state index >= 15 is 0 Å². The molecule has 0 aliphatic carbocycles. The van der Waals surface area contributed by atoms with Gasteiger partial charge in [0.15, 0.2) is 5.69 Å². The largest absolute Gasteiger partial charge is 0.436 e. The number of nitrogens with one attached hydrogen (secondary N) is 1. The molecule has 23 heavy (non-hydrogen) atoms. The number of carbonyl (C=O) groups is 1. The zero-order chi connectivity index (χ0) is 17.2. The standard InChI is InChI=1S/C15H15ClF3N3O/c1-3-10-4-6-11(7-5-10)20-12(23)8-22-9(2)13(16)14(21-22)15(17,18)19/h4-7H,3,8H2,1-2H3,(H,20,23). The van der Waals surface area contributed by atoms with E-state index in [-0.39, 0.29) is 12.2 Å². The van der Waals surface area contributed by atoms with E-state index in [9.17, 15) is 18.0 Å². The highest BCUT2D eigenvalue weighted by molar-refractivity contribution is 6.32. The maximum absolute atomic E-state index is 12.7. The van der Waals surface area contributed by atoms with Gasteiger partial charge in [0.05, 0.1) is 10.7 Å². The van der Waals surface area contributed by atoms with Gasteiger partial charge in [0.1, 0.15) is 6.54 Å². The first-order chi connectivity index (χ1) is 10.7. The van der Waals surface area contributed by atoms with Crippen LogP contribution in [0.4, 0.5) is 18.9 Å². The van der Waals surface area contributed by atoms with Crippen LogP contribution >= 0.6 is 11.6 Å². The molecule has 0 spiro atoms. The first-order valence-electron chi connectivity index (χ1n) is 6.91. The van der Waals surface area contributed by atoms with Gasteiger partial charge < -0.3 is 5.32 Å². The topological polar surface area (TPSA) is 46.9 Å². The number of alkyl halides is 3. The van der Waals surface area contributed by atoms with Crippen molar-refractivity contribution in [2.75, 3.05) is 5.32 Å². The third kappa shape index (κ3) is 4.04. The van der Waals surface area contributed by atoms with E-state index < -0.39 is 22.8 Å². The lowest BCUT2D eigenvalue weighted by molar-refractivity contribution is -0.141. The molecule has 1 aromatic carbocycles. The molecule has 0 aliphatic heterocycles. The van der Waals surface area contributed by atoms with Gasteiger partial charge in [-0.3, -0.25) is 9.48 Å². The van der Waals surface area contributed by atoms with E-state index in [4.69, 9.17) is 11.6 Å². The zero-order valence-corrected chi connectivity index (χ0v) is 13.3. The van der Waals surface area contributed by atoms with Crippen LogP contribution in [-0.4, -0.2) is 15.7 Å². The van der Waals surface area contributed by atoms with Crippen LogP contribution in [0.5, 0.6) is 0 Å². The molecule has 0 aliphatic rings. The highest BCUT2D eigenvalue weighted by atomic mass is 35.5. The summed E-state index contributed by atoms with van der Waals surface area (Å²) in [4.78, 5) is 12.0. The van der Waals surface area contributed by atoms with Crippen molar-refractivity contribution in [1.82, 2.24) is 9.78 Å². The lowest BCUT2D eigenvalue weighted by atomic mass is 10.1. The molecule has 0 atom stereocenters. The van der Waals surface area contributed by atoms with Gasteiger partial charge in [-0.25, -0.2) is 0 Å². The lowest BCUT2D eigenvalue weighted by Crippen LogP contribution is -2.20. The number of carbonyl (C=O) groups excluding carboxylic acids is 1. The fraction of sp³-hybridized carbons (Fsp3) is 0.333. The van der Waals surface area contributed by atoms with Crippen LogP contribution in [0, 0.1) is 6.92 Å². The Bertz CT molecular complexity index is 708. The quantitative estimate of drug-likeness (QED) is 0.908. The molecular weight excluding hydrogens is 331 g/mol. The molecule has 0 saturated carbocycles. The molecule has 4 nitrogen and oxygen atoms in total. The van der Waals surface area contributed by atoms with Gasteiger partial charge in [0.25, 0.3) is 0 Å². The van der Waals surface area contributed by atoms with Crippen molar-refractivity contribution in [2.45, 2.75) is 33.0 Å². The lowest BCUT2D eigenvalue weighted by Gasteiger charge is -2.07. The van der Waals surface area contributed by atoms with Crippen molar-refractivity contribution < 1.29 is 18.0 Å². The van der Waals surface area contributed by atoms with Gasteiger partial charge in [0.2, 0.25) is 5.91 Å². The summed E-state index contributed by atoms with van der Waals surface area (Å²) in [6.45, 7) is 3.04. The monoisotopic (exact) mass is 345 g/mol. The van der Waals surface area contributed by atoms with Gasteiger partial charge in [-0.2, -0.15) is 18.3 Å². The Kier molecular flexibility index (Phi) is 4.99. The van der Waals surface area contributed by atoms with E-state index in [0.29, 0.717) is 5.69 Å². The molecule has 0 radical (unpaired) electrons. The molecule has 0 unspecified atom stereocenters. The van der Waals surface area contributed by atoms with Crippen LogP contribution in [-0.2, 0) is 23.9 Å². The van der Waals surface area contributed by atoms with Crippen molar-refractivity contribution in [3.63, 3.8) is 0 Å². The maximum Gasteiger partial charge on any atom is 0.436 e. The van der Waals surface area contributed by atoms with Crippen molar-refractivity contribution in [3.8, 4) is 0 Å². The zero-order valence-electron chi connectivity index (χ0n) is 12.5. The second kappa shape index (κ2) is 6.62. The molecule has 8 heteroatoms. The molecule has 2 rings (SSSR count). The van der Waals surface area contributed by atoms with E-state index in [2.05, 4.69) is 10.4 Å². The van der Waals surface area contributed by atoms with Gasteiger partial charge in [-0.15, -0.1) is 0 Å². The summed E-state index contributed by atoms with van der Waals surface area (Å²) < 4.78 is 39.2. The summed E-state index contributed by atoms with van der Waals surface area (Å²) in [5, 5.41) is 5.51. The number of hydrogen-bond donors (Lipinski definition) is 1. The first kappa shape index (κ1) is 17.3. The highest BCUT2D eigenvalue weighted by Crippen LogP contribution is 2.35. The number of aryl methyl sites for hydroxylation is 1. The number of amides is 1. The van der Waals surface area contributed by atoms with Crippen molar-refractivity contribution >= 4 is 23.2 Å². The number of rotatable bonds is 4.